The smallest absolute Gasteiger partial charge is 0.261 e. The van der Waals surface area contributed by atoms with Gasteiger partial charge in [-0.1, -0.05) is 57.1 Å². The average Bonchev–Trinajstić information content (AvgIpc) is 3.00. The van der Waals surface area contributed by atoms with Gasteiger partial charge in [0, 0.05) is 12.3 Å². The number of hydrogen-bond donors (Lipinski definition) is 0. The lowest BCUT2D eigenvalue weighted by Crippen LogP contribution is -2.30. The van der Waals surface area contributed by atoms with Gasteiger partial charge in [-0.15, -0.1) is 0 Å². The highest BCUT2D eigenvalue weighted by molar-refractivity contribution is 8.21. The molecule has 2 rings (SSSR count). The normalized spacial score (nSPS) is 14.5. The number of amides is 2. The molecule has 0 spiro atoms. The van der Waals surface area contributed by atoms with E-state index in [4.69, 9.17) is 12.5 Å². The number of carbonyl (C=O) groups excluding carboxylic acids is 2. The third-order valence-corrected chi connectivity index (χ3v) is 7.73. The molecule has 0 saturated carbocycles. The highest BCUT2D eigenvalue weighted by atomic mass is 32.3. The molecule has 29 heavy (non-hydrogen) atoms. The molecule has 0 aromatic heterocycles. The van der Waals surface area contributed by atoms with Gasteiger partial charge in [-0.05, 0) is 25.0 Å². The molecule has 0 atom stereocenters. The number of benzene rings is 1. The van der Waals surface area contributed by atoms with Crippen molar-refractivity contribution in [3.05, 3.63) is 35.4 Å². The summed E-state index contributed by atoms with van der Waals surface area (Å²) in [7, 11) is 3.10. The Labute approximate surface area is 176 Å². The van der Waals surface area contributed by atoms with Crippen molar-refractivity contribution in [2.24, 2.45) is 0 Å². The van der Waals surface area contributed by atoms with Crippen LogP contribution in [0, 0.1) is 0 Å². The molecule has 1 aromatic carbocycles. The van der Waals surface area contributed by atoms with Crippen LogP contribution in [0.15, 0.2) is 24.3 Å². The minimum atomic E-state index is -1.80. The van der Waals surface area contributed by atoms with Crippen molar-refractivity contribution in [1.29, 1.82) is 0 Å². The highest BCUT2D eigenvalue weighted by Crippen LogP contribution is 2.49. The van der Waals surface area contributed by atoms with E-state index in [-0.39, 0.29) is 11.8 Å². The predicted octanol–water partition coefficient (Wildman–Crippen LogP) is 5.28. The third kappa shape index (κ3) is 6.54. The summed E-state index contributed by atoms with van der Waals surface area (Å²) >= 11 is 0. The Balaban J connectivity index is 1.48. The van der Waals surface area contributed by atoms with Crippen molar-refractivity contribution in [2.75, 3.05) is 33.6 Å². The first-order valence-electron chi connectivity index (χ1n) is 10.5. The molecule has 0 aliphatic carbocycles. The highest BCUT2D eigenvalue weighted by Gasteiger charge is 2.34. The SMILES string of the molecule is COS(CCCCCCCCCCCN1C(=O)c2ccccc2C1=O)(OC)OC. The number of hydrogen-bond acceptors (Lipinski definition) is 5. The summed E-state index contributed by atoms with van der Waals surface area (Å²) in [6.07, 6.45) is 10.1. The second-order valence-corrected chi connectivity index (χ2v) is 9.77. The first-order chi connectivity index (χ1) is 14.1. The second-order valence-electron chi connectivity index (χ2n) is 7.25. The van der Waals surface area contributed by atoms with Gasteiger partial charge in [-0.3, -0.25) is 27.0 Å². The largest absolute Gasteiger partial charge is 0.296 e. The monoisotopic (exact) mass is 425 g/mol. The zero-order chi connectivity index (χ0) is 21.1. The molecule has 1 heterocycles. The first-order valence-corrected chi connectivity index (χ1v) is 12.1. The van der Waals surface area contributed by atoms with Crippen LogP contribution in [0.4, 0.5) is 0 Å². The maximum atomic E-state index is 12.3. The zero-order valence-corrected chi connectivity index (χ0v) is 18.8. The molecule has 2 amide bonds. The predicted molar refractivity (Wildman–Crippen MR) is 117 cm³/mol. The fourth-order valence-corrected chi connectivity index (χ4v) is 5.15. The van der Waals surface area contributed by atoms with Crippen LogP contribution in [0.25, 0.3) is 0 Å². The lowest BCUT2D eigenvalue weighted by atomic mass is 10.1. The standard InChI is InChI=1S/C22H35NO5S/c1-26-29(27-2,28-3)18-14-10-8-6-4-5-7-9-13-17-23-21(24)19-15-11-12-16-20(19)22(23)25/h11-12,15-16H,4-10,13-14,17-18H2,1-3H3. The Morgan fingerprint density at radius 3 is 1.55 bits per heavy atom. The van der Waals surface area contributed by atoms with Crippen molar-refractivity contribution in [3.8, 4) is 0 Å². The zero-order valence-electron chi connectivity index (χ0n) is 18.0. The van der Waals surface area contributed by atoms with Crippen LogP contribution in [-0.4, -0.2) is 50.3 Å². The second kappa shape index (κ2) is 12.3. The Morgan fingerprint density at radius 2 is 1.10 bits per heavy atom. The molecule has 1 aliphatic rings. The van der Waals surface area contributed by atoms with Crippen molar-refractivity contribution >= 4 is 22.7 Å². The van der Waals surface area contributed by atoms with Crippen LogP contribution in [0.1, 0.15) is 78.5 Å². The molecular weight excluding hydrogens is 390 g/mol. The summed E-state index contributed by atoms with van der Waals surface area (Å²) in [4.78, 5) is 26.0. The molecule has 0 fully saturated rings. The fraction of sp³-hybridized carbons (Fsp3) is 0.636. The van der Waals surface area contributed by atoms with Gasteiger partial charge in [0.05, 0.1) is 43.3 Å². The Morgan fingerprint density at radius 1 is 0.690 bits per heavy atom. The summed E-state index contributed by atoms with van der Waals surface area (Å²) in [6, 6.07) is 7.07. The minimum absolute atomic E-state index is 0.146. The van der Waals surface area contributed by atoms with Crippen molar-refractivity contribution in [2.45, 2.75) is 57.8 Å². The van der Waals surface area contributed by atoms with Crippen LogP contribution < -0.4 is 0 Å². The van der Waals surface area contributed by atoms with E-state index >= 15 is 0 Å². The number of imide groups is 1. The Kier molecular flexibility index (Phi) is 10.1. The van der Waals surface area contributed by atoms with Crippen molar-refractivity contribution in [1.82, 2.24) is 4.90 Å². The lowest BCUT2D eigenvalue weighted by molar-refractivity contribution is 0.0651. The minimum Gasteiger partial charge on any atom is -0.296 e. The molecule has 0 radical (unpaired) electrons. The number of fused-ring (bicyclic) bond motifs is 1. The van der Waals surface area contributed by atoms with Crippen LogP contribution in [-0.2, 0) is 12.5 Å². The Hall–Kier alpha value is -1.41. The first kappa shape index (κ1) is 23.9. The number of unbranched alkanes of at least 4 members (excludes halogenated alkanes) is 8. The lowest BCUT2D eigenvalue weighted by Gasteiger charge is -2.33. The molecule has 7 heteroatoms. The van der Waals surface area contributed by atoms with E-state index in [9.17, 15) is 9.59 Å². The van der Waals surface area contributed by atoms with Gasteiger partial charge >= 0.3 is 0 Å². The van der Waals surface area contributed by atoms with E-state index < -0.39 is 10.9 Å². The van der Waals surface area contributed by atoms with Gasteiger partial charge in [0.1, 0.15) is 0 Å². The molecular formula is C22H35NO5S. The van der Waals surface area contributed by atoms with E-state index in [1.54, 1.807) is 45.6 Å². The molecule has 6 nitrogen and oxygen atoms in total. The molecule has 0 unspecified atom stereocenters. The van der Waals surface area contributed by atoms with Crippen LogP contribution in [0.5, 0.6) is 0 Å². The summed E-state index contributed by atoms with van der Waals surface area (Å²) in [6.45, 7) is 0.523. The van der Waals surface area contributed by atoms with E-state index in [0.717, 1.165) is 37.9 Å². The van der Waals surface area contributed by atoms with Gasteiger partial charge in [-0.2, -0.15) is 0 Å². The van der Waals surface area contributed by atoms with Crippen molar-refractivity contribution in [3.63, 3.8) is 0 Å². The van der Waals surface area contributed by atoms with Gasteiger partial charge in [-0.25, -0.2) is 0 Å². The van der Waals surface area contributed by atoms with Crippen LogP contribution in [0.2, 0.25) is 0 Å². The fourth-order valence-electron chi connectivity index (χ4n) is 3.68. The van der Waals surface area contributed by atoms with Gasteiger partial charge < -0.3 is 0 Å². The van der Waals surface area contributed by atoms with Crippen LogP contribution >= 0.6 is 10.9 Å². The molecule has 0 bridgehead atoms. The maximum absolute atomic E-state index is 12.3. The maximum Gasteiger partial charge on any atom is 0.261 e. The molecule has 0 saturated heterocycles. The number of rotatable bonds is 15. The van der Waals surface area contributed by atoms with Gasteiger partial charge in [0.2, 0.25) is 0 Å². The summed E-state index contributed by atoms with van der Waals surface area (Å²) < 4.78 is 16.1. The molecule has 164 valence electrons. The van der Waals surface area contributed by atoms with E-state index in [2.05, 4.69) is 0 Å². The van der Waals surface area contributed by atoms with Crippen LogP contribution in [0.3, 0.4) is 0 Å². The summed E-state index contributed by atoms with van der Waals surface area (Å²) in [5.74, 6) is 0.521. The average molecular weight is 426 g/mol. The molecule has 0 N–H and O–H groups in total. The van der Waals surface area contributed by atoms with Crippen molar-refractivity contribution < 1.29 is 22.1 Å². The molecule has 1 aromatic rings. The van der Waals surface area contributed by atoms with Gasteiger partial charge in [0.25, 0.3) is 11.8 Å². The van der Waals surface area contributed by atoms with E-state index in [1.807, 2.05) is 0 Å². The van der Waals surface area contributed by atoms with E-state index in [0.29, 0.717) is 17.7 Å². The van der Waals surface area contributed by atoms with E-state index in [1.165, 1.54) is 30.6 Å². The topological polar surface area (TPSA) is 65.1 Å². The quantitative estimate of drug-likeness (QED) is 0.282. The summed E-state index contributed by atoms with van der Waals surface area (Å²) in [5.41, 5.74) is 1.08. The third-order valence-electron chi connectivity index (χ3n) is 5.42. The number of nitrogens with zero attached hydrogens (tertiary/aromatic N) is 1. The number of carbonyl (C=O) groups is 2. The molecule has 1 aliphatic heterocycles. The summed E-state index contributed by atoms with van der Waals surface area (Å²) in [5, 5.41) is 0. The Bertz CT molecular complexity index is 619. The van der Waals surface area contributed by atoms with Gasteiger partial charge in [0.15, 0.2) is 0 Å².